The molecule has 0 aliphatic heterocycles. The first-order valence-corrected chi connectivity index (χ1v) is 5.68. The average Bonchev–Trinajstić information content (AvgIpc) is 2.87. The largest absolute Gasteiger partial charge is 0.379 e. The van der Waals surface area contributed by atoms with Gasteiger partial charge in [-0.25, -0.2) is 4.98 Å². The van der Waals surface area contributed by atoms with Crippen LogP contribution in [-0.4, -0.2) is 60.6 Å². The summed E-state index contributed by atoms with van der Waals surface area (Å²) >= 11 is 0. The monoisotopic (exact) mass is 257 g/mol. The van der Waals surface area contributed by atoms with Gasteiger partial charge in [-0.2, -0.15) is 5.10 Å². The molecule has 1 atom stereocenters. The van der Waals surface area contributed by atoms with Crippen LogP contribution < -0.4 is 11.1 Å². The Morgan fingerprint density at radius 3 is 3.00 bits per heavy atom. The molecular formula is C10H19N5O3. The number of carbonyl (C=O) groups is 1. The minimum Gasteiger partial charge on any atom is -0.379 e. The molecule has 0 bridgehead atoms. The lowest BCUT2D eigenvalue weighted by Crippen LogP contribution is -2.34. The first-order chi connectivity index (χ1) is 8.72. The van der Waals surface area contributed by atoms with Crippen LogP contribution in [0.4, 0.5) is 0 Å². The number of nitrogens with zero attached hydrogens (tertiary/aromatic N) is 2. The smallest absolute Gasteiger partial charge is 0.245 e. The summed E-state index contributed by atoms with van der Waals surface area (Å²) in [6.45, 7) is 1.18. The van der Waals surface area contributed by atoms with Crippen molar-refractivity contribution < 1.29 is 14.3 Å². The lowest BCUT2D eigenvalue weighted by molar-refractivity contribution is -0.125. The van der Waals surface area contributed by atoms with Gasteiger partial charge < -0.3 is 20.5 Å². The summed E-state index contributed by atoms with van der Waals surface area (Å²) in [7, 11) is 1.55. The highest BCUT2D eigenvalue weighted by Crippen LogP contribution is 1.90. The van der Waals surface area contributed by atoms with Crippen molar-refractivity contribution in [2.75, 3.05) is 33.5 Å². The number of carbonyl (C=O) groups excluding carboxylic acids is 1. The molecule has 0 saturated carbocycles. The van der Waals surface area contributed by atoms with E-state index in [1.165, 1.54) is 6.33 Å². The SMILES string of the molecule is CNC(=O)COCC(N)COCCc1nc[nH]n1. The maximum Gasteiger partial charge on any atom is 0.245 e. The van der Waals surface area contributed by atoms with Gasteiger partial charge in [-0.05, 0) is 0 Å². The zero-order valence-electron chi connectivity index (χ0n) is 10.4. The molecule has 0 aliphatic carbocycles. The van der Waals surface area contributed by atoms with Crippen molar-refractivity contribution in [3.63, 3.8) is 0 Å². The van der Waals surface area contributed by atoms with Gasteiger partial charge in [-0.3, -0.25) is 9.89 Å². The molecular weight excluding hydrogens is 238 g/mol. The van der Waals surface area contributed by atoms with Crippen LogP contribution in [-0.2, 0) is 20.7 Å². The number of rotatable bonds is 9. The Labute approximate surface area is 105 Å². The molecule has 0 aliphatic rings. The topological polar surface area (TPSA) is 115 Å². The van der Waals surface area contributed by atoms with E-state index in [9.17, 15) is 4.79 Å². The number of hydrogen-bond acceptors (Lipinski definition) is 6. The summed E-state index contributed by atoms with van der Waals surface area (Å²) in [6.07, 6.45) is 2.16. The van der Waals surface area contributed by atoms with Crippen molar-refractivity contribution in [2.24, 2.45) is 5.73 Å². The predicted octanol–water partition coefficient (Wildman–Crippen LogP) is -1.55. The van der Waals surface area contributed by atoms with Crippen LogP contribution in [0.5, 0.6) is 0 Å². The molecule has 0 spiro atoms. The van der Waals surface area contributed by atoms with Crippen molar-refractivity contribution in [1.29, 1.82) is 0 Å². The van der Waals surface area contributed by atoms with Gasteiger partial charge in [0, 0.05) is 13.5 Å². The van der Waals surface area contributed by atoms with Crippen LogP contribution in [0.1, 0.15) is 5.82 Å². The van der Waals surface area contributed by atoms with Crippen molar-refractivity contribution in [1.82, 2.24) is 20.5 Å². The normalized spacial score (nSPS) is 12.3. The molecule has 0 saturated heterocycles. The molecule has 0 aromatic carbocycles. The molecule has 0 fully saturated rings. The Morgan fingerprint density at radius 1 is 1.56 bits per heavy atom. The molecule has 1 rings (SSSR count). The van der Waals surface area contributed by atoms with Crippen LogP contribution in [0.25, 0.3) is 0 Å². The summed E-state index contributed by atoms with van der Waals surface area (Å²) < 4.78 is 10.5. The average molecular weight is 257 g/mol. The summed E-state index contributed by atoms with van der Waals surface area (Å²) in [5, 5.41) is 8.97. The van der Waals surface area contributed by atoms with Crippen LogP contribution in [0.2, 0.25) is 0 Å². The van der Waals surface area contributed by atoms with E-state index in [1.54, 1.807) is 7.05 Å². The van der Waals surface area contributed by atoms with Gasteiger partial charge in [-0.1, -0.05) is 0 Å². The fraction of sp³-hybridized carbons (Fsp3) is 0.700. The highest BCUT2D eigenvalue weighted by Gasteiger charge is 2.05. The van der Waals surface area contributed by atoms with Crippen molar-refractivity contribution in [3.8, 4) is 0 Å². The summed E-state index contributed by atoms with van der Waals surface area (Å²) in [6, 6.07) is -0.248. The first-order valence-electron chi connectivity index (χ1n) is 5.68. The number of likely N-dealkylation sites (N-methyl/N-ethyl adjacent to an activating group) is 1. The van der Waals surface area contributed by atoms with E-state index in [0.29, 0.717) is 25.5 Å². The minimum absolute atomic E-state index is 0.0153. The zero-order valence-corrected chi connectivity index (χ0v) is 10.4. The van der Waals surface area contributed by atoms with Crippen molar-refractivity contribution in [3.05, 3.63) is 12.2 Å². The number of amides is 1. The van der Waals surface area contributed by atoms with E-state index in [2.05, 4.69) is 20.5 Å². The Morgan fingerprint density at radius 2 is 2.33 bits per heavy atom. The second-order valence-electron chi connectivity index (χ2n) is 3.69. The third-order valence-electron chi connectivity index (χ3n) is 2.11. The third kappa shape index (κ3) is 6.28. The second-order valence-corrected chi connectivity index (χ2v) is 3.69. The van der Waals surface area contributed by atoms with Crippen molar-refractivity contribution >= 4 is 5.91 Å². The molecule has 18 heavy (non-hydrogen) atoms. The zero-order chi connectivity index (χ0) is 13.2. The fourth-order valence-corrected chi connectivity index (χ4v) is 1.18. The Hall–Kier alpha value is -1.51. The second kappa shape index (κ2) is 8.56. The maximum absolute atomic E-state index is 10.9. The number of nitrogens with one attached hydrogen (secondary N) is 2. The molecule has 1 heterocycles. The van der Waals surface area contributed by atoms with Crippen LogP contribution in [0.15, 0.2) is 6.33 Å². The molecule has 4 N–H and O–H groups in total. The summed E-state index contributed by atoms with van der Waals surface area (Å²) in [4.78, 5) is 14.8. The lowest BCUT2D eigenvalue weighted by atomic mass is 10.3. The molecule has 8 nitrogen and oxygen atoms in total. The predicted molar refractivity (Wildman–Crippen MR) is 63.8 cm³/mol. The summed E-state index contributed by atoms with van der Waals surface area (Å²) in [5.41, 5.74) is 5.74. The van der Waals surface area contributed by atoms with Gasteiger partial charge in [0.05, 0.1) is 25.9 Å². The third-order valence-corrected chi connectivity index (χ3v) is 2.11. The molecule has 1 aromatic rings. The van der Waals surface area contributed by atoms with Gasteiger partial charge in [-0.15, -0.1) is 0 Å². The Balaban J connectivity index is 1.96. The molecule has 1 unspecified atom stereocenters. The quantitative estimate of drug-likeness (QED) is 0.461. The molecule has 1 amide bonds. The molecule has 0 radical (unpaired) electrons. The van der Waals surface area contributed by atoms with Crippen LogP contribution in [0, 0.1) is 0 Å². The number of nitrogens with two attached hydrogens (primary N) is 1. The first kappa shape index (κ1) is 14.6. The number of aromatic nitrogens is 3. The number of ether oxygens (including phenoxy) is 2. The van der Waals surface area contributed by atoms with E-state index in [1.807, 2.05) is 0 Å². The Kier molecular flexibility index (Phi) is 6.92. The van der Waals surface area contributed by atoms with E-state index < -0.39 is 0 Å². The van der Waals surface area contributed by atoms with E-state index >= 15 is 0 Å². The van der Waals surface area contributed by atoms with Gasteiger partial charge in [0.25, 0.3) is 0 Å². The van der Waals surface area contributed by atoms with Crippen LogP contribution in [0.3, 0.4) is 0 Å². The van der Waals surface area contributed by atoms with Gasteiger partial charge in [0.15, 0.2) is 5.82 Å². The van der Waals surface area contributed by atoms with E-state index in [4.69, 9.17) is 15.2 Å². The molecule has 8 heteroatoms. The maximum atomic E-state index is 10.9. The summed E-state index contributed by atoms with van der Waals surface area (Å²) in [5.74, 6) is 0.534. The number of aromatic amines is 1. The highest BCUT2D eigenvalue weighted by molar-refractivity contribution is 5.76. The standard InChI is InChI=1S/C10H19N5O3/c1-12-10(16)6-18-5-8(11)4-17-3-2-9-13-7-14-15-9/h7-8H,2-6,11H2,1H3,(H,12,16)(H,13,14,15). The Bertz CT molecular complexity index is 330. The van der Waals surface area contributed by atoms with Gasteiger partial charge in [0.1, 0.15) is 12.9 Å². The van der Waals surface area contributed by atoms with Crippen LogP contribution >= 0.6 is 0 Å². The lowest BCUT2D eigenvalue weighted by Gasteiger charge is -2.11. The van der Waals surface area contributed by atoms with Gasteiger partial charge >= 0.3 is 0 Å². The fourth-order valence-electron chi connectivity index (χ4n) is 1.18. The number of hydrogen-bond donors (Lipinski definition) is 3. The van der Waals surface area contributed by atoms with E-state index in [0.717, 1.165) is 0 Å². The number of H-pyrrole nitrogens is 1. The molecule has 1 aromatic heterocycles. The molecule has 102 valence electrons. The van der Waals surface area contributed by atoms with Gasteiger partial charge in [0.2, 0.25) is 5.91 Å². The van der Waals surface area contributed by atoms with E-state index in [-0.39, 0.29) is 25.2 Å². The highest BCUT2D eigenvalue weighted by atomic mass is 16.5. The minimum atomic E-state index is -0.248. The van der Waals surface area contributed by atoms with Crippen molar-refractivity contribution in [2.45, 2.75) is 12.5 Å².